The molecule has 5 heteroatoms. The summed E-state index contributed by atoms with van der Waals surface area (Å²) in [6.45, 7) is 9.05. The number of ether oxygens (including phenoxy) is 1. The van der Waals surface area contributed by atoms with E-state index in [0.29, 0.717) is 5.92 Å². The minimum Gasteiger partial charge on any atom is -0.368 e. The van der Waals surface area contributed by atoms with E-state index in [2.05, 4.69) is 63.8 Å². The lowest BCUT2D eigenvalue weighted by atomic mass is 9.97. The maximum absolute atomic E-state index is 5.92. The van der Waals surface area contributed by atoms with Crippen LogP contribution in [0.4, 0.5) is 0 Å². The number of morpholine rings is 1. The smallest absolute Gasteiger partial charge is 0.163 e. The zero-order valence-corrected chi connectivity index (χ0v) is 14.1. The molecule has 0 N–H and O–H groups in total. The molecule has 2 heterocycles. The summed E-state index contributed by atoms with van der Waals surface area (Å²) >= 11 is 0. The third-order valence-electron chi connectivity index (χ3n) is 4.67. The summed E-state index contributed by atoms with van der Waals surface area (Å²) in [5, 5.41) is 8.27. The molecule has 0 radical (unpaired) electrons. The van der Waals surface area contributed by atoms with Crippen LogP contribution in [0.15, 0.2) is 36.7 Å². The van der Waals surface area contributed by atoms with Crippen LogP contribution < -0.4 is 0 Å². The number of nitrogens with zero attached hydrogens (tertiary/aromatic N) is 4. The topological polar surface area (TPSA) is 43.2 Å². The quantitative estimate of drug-likeness (QED) is 0.822. The summed E-state index contributed by atoms with van der Waals surface area (Å²) < 4.78 is 7.99. The fourth-order valence-corrected chi connectivity index (χ4v) is 3.14. The van der Waals surface area contributed by atoms with Gasteiger partial charge in [-0.3, -0.25) is 4.90 Å². The first-order chi connectivity index (χ1) is 11.3. The Labute approximate surface area is 138 Å². The summed E-state index contributed by atoms with van der Waals surface area (Å²) in [7, 11) is 0. The SMILES string of the molecule is CCn1cnnc1[C@H]1CN(CC[C@@H](C)c2ccccc2)CCO1. The van der Waals surface area contributed by atoms with Gasteiger partial charge in [0, 0.05) is 19.6 Å². The molecule has 1 aliphatic heterocycles. The second kappa shape index (κ2) is 7.70. The summed E-state index contributed by atoms with van der Waals surface area (Å²) in [4.78, 5) is 2.49. The van der Waals surface area contributed by atoms with Crippen LogP contribution in [0.3, 0.4) is 0 Å². The number of aromatic nitrogens is 3. The van der Waals surface area contributed by atoms with Crippen molar-refractivity contribution < 1.29 is 4.74 Å². The zero-order valence-electron chi connectivity index (χ0n) is 14.1. The largest absolute Gasteiger partial charge is 0.368 e. The van der Waals surface area contributed by atoms with Gasteiger partial charge in [0.15, 0.2) is 5.82 Å². The Morgan fingerprint density at radius 2 is 2.13 bits per heavy atom. The second-order valence-corrected chi connectivity index (χ2v) is 6.24. The molecule has 2 atom stereocenters. The summed E-state index contributed by atoms with van der Waals surface area (Å²) in [6.07, 6.45) is 2.99. The summed E-state index contributed by atoms with van der Waals surface area (Å²) in [5.41, 5.74) is 1.42. The molecule has 1 aromatic heterocycles. The average Bonchev–Trinajstić information content (AvgIpc) is 3.09. The number of benzene rings is 1. The van der Waals surface area contributed by atoms with Gasteiger partial charge in [-0.05, 0) is 31.4 Å². The van der Waals surface area contributed by atoms with Crippen LogP contribution in [-0.2, 0) is 11.3 Å². The van der Waals surface area contributed by atoms with Crippen LogP contribution in [0, 0.1) is 0 Å². The van der Waals surface area contributed by atoms with Crippen molar-refractivity contribution in [3.05, 3.63) is 48.0 Å². The normalized spacial score (nSPS) is 20.5. The van der Waals surface area contributed by atoms with Crippen molar-refractivity contribution in [2.45, 2.75) is 38.8 Å². The lowest BCUT2D eigenvalue weighted by molar-refractivity contribution is -0.0366. The molecule has 0 unspecified atom stereocenters. The molecule has 5 nitrogen and oxygen atoms in total. The fourth-order valence-electron chi connectivity index (χ4n) is 3.14. The number of hydrogen-bond donors (Lipinski definition) is 0. The van der Waals surface area contributed by atoms with Crippen molar-refractivity contribution in [2.75, 3.05) is 26.2 Å². The van der Waals surface area contributed by atoms with Crippen molar-refractivity contribution in [1.82, 2.24) is 19.7 Å². The van der Waals surface area contributed by atoms with Crippen molar-refractivity contribution >= 4 is 0 Å². The van der Waals surface area contributed by atoms with Gasteiger partial charge >= 0.3 is 0 Å². The standard InChI is InChI=1S/C18H26N4O/c1-3-22-14-19-20-18(22)17-13-21(11-12-23-17)10-9-15(2)16-7-5-4-6-8-16/h4-8,14-15,17H,3,9-13H2,1-2H3/t15-,17-/m1/s1. The Bertz CT molecular complexity index is 598. The third-order valence-corrected chi connectivity index (χ3v) is 4.67. The third kappa shape index (κ3) is 3.98. The Morgan fingerprint density at radius 3 is 2.91 bits per heavy atom. The van der Waals surface area contributed by atoms with Crippen molar-refractivity contribution in [3.63, 3.8) is 0 Å². The maximum atomic E-state index is 5.92. The fraction of sp³-hybridized carbons (Fsp3) is 0.556. The van der Waals surface area contributed by atoms with Gasteiger partial charge in [0.1, 0.15) is 12.4 Å². The van der Waals surface area contributed by atoms with Crippen molar-refractivity contribution in [2.24, 2.45) is 0 Å². The molecule has 0 aliphatic carbocycles. The van der Waals surface area contributed by atoms with Gasteiger partial charge < -0.3 is 9.30 Å². The average molecular weight is 314 g/mol. The summed E-state index contributed by atoms with van der Waals surface area (Å²) in [6, 6.07) is 10.8. The number of hydrogen-bond acceptors (Lipinski definition) is 4. The van der Waals surface area contributed by atoms with Crippen LogP contribution in [-0.4, -0.2) is 45.9 Å². The highest BCUT2D eigenvalue weighted by Crippen LogP contribution is 2.23. The zero-order chi connectivity index (χ0) is 16.1. The van der Waals surface area contributed by atoms with Crippen LogP contribution in [0.2, 0.25) is 0 Å². The van der Waals surface area contributed by atoms with E-state index in [4.69, 9.17) is 4.74 Å². The predicted molar refractivity (Wildman–Crippen MR) is 90.3 cm³/mol. The van der Waals surface area contributed by atoms with Crippen LogP contribution in [0.25, 0.3) is 0 Å². The minimum atomic E-state index is 0.0400. The van der Waals surface area contributed by atoms with Gasteiger partial charge in [0.2, 0.25) is 0 Å². The first-order valence-electron chi connectivity index (χ1n) is 8.54. The van der Waals surface area contributed by atoms with E-state index in [-0.39, 0.29) is 6.10 Å². The first-order valence-corrected chi connectivity index (χ1v) is 8.54. The molecule has 1 aromatic carbocycles. The van der Waals surface area contributed by atoms with Crippen molar-refractivity contribution in [1.29, 1.82) is 0 Å². The van der Waals surface area contributed by atoms with Crippen LogP contribution >= 0.6 is 0 Å². The highest BCUT2D eigenvalue weighted by Gasteiger charge is 2.25. The Balaban J connectivity index is 1.55. The van der Waals surface area contributed by atoms with Gasteiger partial charge in [-0.2, -0.15) is 0 Å². The van der Waals surface area contributed by atoms with Gasteiger partial charge in [-0.1, -0.05) is 37.3 Å². The summed E-state index contributed by atoms with van der Waals surface area (Å²) in [5.74, 6) is 1.53. The van der Waals surface area contributed by atoms with Gasteiger partial charge in [-0.15, -0.1) is 10.2 Å². The van der Waals surface area contributed by atoms with Crippen molar-refractivity contribution in [3.8, 4) is 0 Å². The van der Waals surface area contributed by atoms with E-state index in [9.17, 15) is 0 Å². The van der Waals surface area contributed by atoms with E-state index in [1.54, 1.807) is 6.33 Å². The van der Waals surface area contributed by atoms with E-state index in [1.807, 2.05) is 0 Å². The Kier molecular flexibility index (Phi) is 5.41. The second-order valence-electron chi connectivity index (χ2n) is 6.24. The maximum Gasteiger partial charge on any atom is 0.163 e. The number of rotatable bonds is 6. The molecular weight excluding hydrogens is 288 g/mol. The predicted octanol–water partition coefficient (Wildman–Crippen LogP) is 2.87. The lowest BCUT2D eigenvalue weighted by Crippen LogP contribution is -2.40. The van der Waals surface area contributed by atoms with Gasteiger partial charge in [0.05, 0.1) is 6.61 Å². The molecule has 0 amide bonds. The Hall–Kier alpha value is -1.72. The molecule has 0 saturated carbocycles. The van der Waals surface area contributed by atoms with E-state index >= 15 is 0 Å². The van der Waals surface area contributed by atoms with Gasteiger partial charge in [0.25, 0.3) is 0 Å². The lowest BCUT2D eigenvalue weighted by Gasteiger charge is -2.33. The van der Waals surface area contributed by atoms with E-state index in [0.717, 1.165) is 45.0 Å². The van der Waals surface area contributed by atoms with Crippen LogP contribution in [0.1, 0.15) is 43.7 Å². The molecule has 0 bridgehead atoms. The highest BCUT2D eigenvalue weighted by atomic mass is 16.5. The molecule has 1 aliphatic rings. The van der Waals surface area contributed by atoms with Gasteiger partial charge in [-0.25, -0.2) is 0 Å². The molecule has 1 fully saturated rings. The minimum absolute atomic E-state index is 0.0400. The highest BCUT2D eigenvalue weighted by molar-refractivity contribution is 5.18. The molecule has 23 heavy (non-hydrogen) atoms. The van der Waals surface area contributed by atoms with E-state index in [1.165, 1.54) is 5.56 Å². The monoisotopic (exact) mass is 314 g/mol. The molecular formula is C18H26N4O. The van der Waals surface area contributed by atoms with Crippen LogP contribution in [0.5, 0.6) is 0 Å². The Morgan fingerprint density at radius 1 is 1.30 bits per heavy atom. The molecule has 1 saturated heterocycles. The molecule has 0 spiro atoms. The number of aryl methyl sites for hydroxylation is 1. The van der Waals surface area contributed by atoms with E-state index < -0.39 is 0 Å². The molecule has 2 aromatic rings. The first kappa shape index (κ1) is 16.1. The molecule has 3 rings (SSSR count). The molecule has 124 valence electrons.